The molecule has 0 aliphatic rings. The number of allylic oxidation sites excluding steroid dienone is 1. The van der Waals surface area contributed by atoms with Crippen LogP contribution in [-0.2, 0) is 4.79 Å². The molecule has 1 aromatic rings. The Morgan fingerprint density at radius 1 is 1.40 bits per heavy atom. The predicted octanol–water partition coefficient (Wildman–Crippen LogP) is 2.79. The van der Waals surface area contributed by atoms with Gasteiger partial charge in [0.05, 0.1) is 4.92 Å². The molecule has 6 nitrogen and oxygen atoms in total. The first-order valence-electron chi connectivity index (χ1n) is 6.16. The largest absolute Gasteiger partial charge is 0.482 e. The van der Waals surface area contributed by atoms with E-state index in [0.717, 1.165) is 16.7 Å². The van der Waals surface area contributed by atoms with E-state index in [-0.39, 0.29) is 5.70 Å². The molecule has 0 fully saturated rings. The number of carbonyl (C=O) groups is 1. The van der Waals surface area contributed by atoms with E-state index >= 15 is 0 Å². The third-order valence-electron chi connectivity index (χ3n) is 3.05. The molecule has 6 heteroatoms. The summed E-state index contributed by atoms with van der Waals surface area (Å²) in [5.74, 6) is -0.575. The first kappa shape index (κ1) is 15.7. The van der Waals surface area contributed by atoms with Crippen molar-refractivity contribution in [2.45, 2.75) is 27.2 Å². The second-order valence-electron chi connectivity index (χ2n) is 4.33. The molecule has 0 unspecified atom stereocenters. The Balaban J connectivity index is 3.11. The van der Waals surface area contributed by atoms with Gasteiger partial charge in [0.2, 0.25) is 5.70 Å². The number of hydrogen-bond donors (Lipinski definition) is 1. The van der Waals surface area contributed by atoms with Crippen LogP contribution in [0.15, 0.2) is 17.8 Å². The van der Waals surface area contributed by atoms with Crippen LogP contribution >= 0.6 is 0 Å². The Kier molecular flexibility index (Phi) is 5.25. The van der Waals surface area contributed by atoms with Crippen LogP contribution in [-0.4, -0.2) is 22.6 Å². The molecule has 0 radical (unpaired) electrons. The molecule has 0 bridgehead atoms. The molecule has 0 saturated heterocycles. The van der Waals surface area contributed by atoms with Crippen molar-refractivity contribution < 1.29 is 19.6 Å². The van der Waals surface area contributed by atoms with Crippen LogP contribution in [0, 0.1) is 24.0 Å². The summed E-state index contributed by atoms with van der Waals surface area (Å²) in [7, 11) is 0. The predicted molar refractivity (Wildman–Crippen MR) is 74.3 cm³/mol. The number of rotatable bonds is 6. The van der Waals surface area contributed by atoms with Gasteiger partial charge < -0.3 is 9.84 Å². The fraction of sp³-hybridized carbons (Fsp3) is 0.357. The van der Waals surface area contributed by atoms with E-state index in [9.17, 15) is 14.9 Å². The number of hydrogen-bond acceptors (Lipinski definition) is 4. The lowest BCUT2D eigenvalue weighted by Crippen LogP contribution is -2.10. The lowest BCUT2D eigenvalue weighted by molar-refractivity contribution is -0.425. The summed E-state index contributed by atoms with van der Waals surface area (Å²) in [5.41, 5.74) is 2.48. The Bertz CT molecular complexity index is 563. The maximum Gasteiger partial charge on any atom is 0.341 e. The highest BCUT2D eigenvalue weighted by molar-refractivity contribution is 5.68. The van der Waals surface area contributed by atoms with E-state index in [2.05, 4.69) is 0 Å². The maximum atomic E-state index is 10.8. The average Bonchev–Trinajstić information content (AvgIpc) is 2.38. The third-order valence-corrected chi connectivity index (χ3v) is 3.05. The van der Waals surface area contributed by atoms with Gasteiger partial charge in [-0.25, -0.2) is 4.79 Å². The SMILES string of the molecule is CC/C(=C\c1ccc(OCC(=O)O)c(C)c1C)[N+](=O)[O-]. The Morgan fingerprint density at radius 2 is 2.05 bits per heavy atom. The number of aliphatic carboxylic acids is 1. The number of ether oxygens (including phenoxy) is 1. The summed E-state index contributed by atoms with van der Waals surface area (Å²) in [6.07, 6.45) is 1.87. The van der Waals surface area contributed by atoms with Crippen molar-refractivity contribution >= 4 is 12.0 Å². The number of nitro groups is 1. The molecule has 0 aromatic heterocycles. The fourth-order valence-electron chi connectivity index (χ4n) is 1.73. The number of nitrogens with zero attached hydrogens (tertiary/aromatic N) is 1. The van der Waals surface area contributed by atoms with Crippen LogP contribution in [0.1, 0.15) is 30.0 Å². The molecule has 0 aliphatic heterocycles. The smallest absolute Gasteiger partial charge is 0.341 e. The number of carboxylic acids is 1. The van der Waals surface area contributed by atoms with Crippen LogP contribution in [0.5, 0.6) is 5.75 Å². The van der Waals surface area contributed by atoms with Crippen LogP contribution in [0.4, 0.5) is 0 Å². The summed E-state index contributed by atoms with van der Waals surface area (Å²) in [6, 6.07) is 3.32. The molecule has 0 atom stereocenters. The third kappa shape index (κ3) is 3.81. The minimum absolute atomic E-state index is 0.131. The lowest BCUT2D eigenvalue weighted by Gasteiger charge is -2.11. The average molecular weight is 279 g/mol. The molecule has 108 valence electrons. The van der Waals surface area contributed by atoms with Crippen LogP contribution in [0.2, 0.25) is 0 Å². The van der Waals surface area contributed by atoms with Gasteiger partial charge in [0.25, 0.3) is 0 Å². The van der Waals surface area contributed by atoms with Gasteiger partial charge in [0, 0.05) is 12.5 Å². The van der Waals surface area contributed by atoms with Gasteiger partial charge >= 0.3 is 5.97 Å². The van der Waals surface area contributed by atoms with Gasteiger partial charge in [-0.2, -0.15) is 0 Å². The standard InChI is InChI=1S/C14H17NO5/c1-4-12(15(18)19)7-11-5-6-13(10(3)9(11)2)20-8-14(16)17/h5-7H,4,8H2,1-3H3,(H,16,17)/b12-7+. The van der Waals surface area contributed by atoms with Crippen LogP contribution in [0.3, 0.4) is 0 Å². The van der Waals surface area contributed by atoms with Gasteiger partial charge in [-0.05, 0) is 36.6 Å². The minimum atomic E-state index is -1.05. The highest BCUT2D eigenvalue weighted by Crippen LogP contribution is 2.26. The van der Waals surface area contributed by atoms with E-state index in [1.165, 1.54) is 6.08 Å². The van der Waals surface area contributed by atoms with Gasteiger partial charge in [0.15, 0.2) is 6.61 Å². The zero-order valence-electron chi connectivity index (χ0n) is 11.7. The molecule has 1 aromatic carbocycles. The normalized spacial score (nSPS) is 11.2. The van der Waals surface area contributed by atoms with Crippen molar-refractivity contribution in [3.63, 3.8) is 0 Å². The lowest BCUT2D eigenvalue weighted by atomic mass is 10.0. The first-order valence-corrected chi connectivity index (χ1v) is 6.16. The molecule has 20 heavy (non-hydrogen) atoms. The molecular weight excluding hydrogens is 262 g/mol. The maximum absolute atomic E-state index is 10.8. The van der Waals surface area contributed by atoms with Gasteiger partial charge in [0.1, 0.15) is 5.75 Å². The highest BCUT2D eigenvalue weighted by atomic mass is 16.6. The molecule has 0 saturated carbocycles. The summed E-state index contributed by atoms with van der Waals surface area (Å²) < 4.78 is 5.16. The monoisotopic (exact) mass is 279 g/mol. The number of carboxylic acid groups (broad SMARTS) is 1. The summed E-state index contributed by atoms with van der Waals surface area (Å²) in [4.78, 5) is 20.9. The first-order chi connectivity index (χ1) is 9.36. The van der Waals surface area contributed by atoms with Crippen molar-refractivity contribution in [3.05, 3.63) is 44.6 Å². The van der Waals surface area contributed by atoms with Crippen LogP contribution < -0.4 is 4.74 Å². The number of benzene rings is 1. The molecule has 0 heterocycles. The Hall–Kier alpha value is -2.37. The minimum Gasteiger partial charge on any atom is -0.482 e. The van der Waals surface area contributed by atoms with Crippen molar-refractivity contribution in [1.29, 1.82) is 0 Å². The fourth-order valence-corrected chi connectivity index (χ4v) is 1.73. The van der Waals surface area contributed by atoms with Crippen molar-refractivity contribution in [2.75, 3.05) is 6.61 Å². The van der Waals surface area contributed by atoms with E-state index < -0.39 is 17.5 Å². The molecule has 0 amide bonds. The molecular formula is C14H17NO5. The van der Waals surface area contributed by atoms with E-state index in [0.29, 0.717) is 12.2 Å². The van der Waals surface area contributed by atoms with Gasteiger partial charge in [-0.15, -0.1) is 0 Å². The van der Waals surface area contributed by atoms with Gasteiger partial charge in [-0.1, -0.05) is 13.0 Å². The second kappa shape index (κ2) is 6.70. The summed E-state index contributed by atoms with van der Waals surface area (Å²) in [6.45, 7) is 4.93. The summed E-state index contributed by atoms with van der Waals surface area (Å²) in [5, 5.41) is 19.4. The van der Waals surface area contributed by atoms with E-state index in [1.54, 1.807) is 26.0 Å². The highest BCUT2D eigenvalue weighted by Gasteiger charge is 2.12. The summed E-state index contributed by atoms with van der Waals surface area (Å²) >= 11 is 0. The van der Waals surface area contributed by atoms with E-state index in [1.807, 2.05) is 6.92 Å². The zero-order valence-corrected chi connectivity index (χ0v) is 11.7. The zero-order chi connectivity index (χ0) is 15.3. The Morgan fingerprint density at radius 3 is 2.55 bits per heavy atom. The molecule has 1 N–H and O–H groups in total. The topological polar surface area (TPSA) is 89.7 Å². The molecule has 1 rings (SSSR count). The quantitative estimate of drug-likeness (QED) is 0.638. The van der Waals surface area contributed by atoms with E-state index in [4.69, 9.17) is 9.84 Å². The second-order valence-corrected chi connectivity index (χ2v) is 4.33. The molecule has 0 aliphatic carbocycles. The van der Waals surface area contributed by atoms with Crippen molar-refractivity contribution in [3.8, 4) is 5.75 Å². The molecule has 0 spiro atoms. The van der Waals surface area contributed by atoms with Gasteiger partial charge in [-0.3, -0.25) is 10.1 Å². The van der Waals surface area contributed by atoms with Crippen LogP contribution in [0.25, 0.3) is 6.08 Å². The van der Waals surface area contributed by atoms with Crippen molar-refractivity contribution in [2.24, 2.45) is 0 Å². The Labute approximate surface area is 116 Å². The van der Waals surface area contributed by atoms with Crippen molar-refractivity contribution in [1.82, 2.24) is 0 Å².